The largest absolute Gasteiger partial charge is 0.325 e. The van der Waals surface area contributed by atoms with Crippen LogP contribution in [0, 0.1) is 0 Å². The number of anilines is 2. The van der Waals surface area contributed by atoms with E-state index in [0.29, 0.717) is 11.7 Å². The Bertz CT molecular complexity index is 1060. The molecule has 2 aromatic carbocycles. The zero-order valence-electron chi connectivity index (χ0n) is 18.8. The first-order valence-electron chi connectivity index (χ1n) is 11.1. The molecule has 3 aromatic rings. The monoisotopic (exact) mass is 463 g/mol. The van der Waals surface area contributed by atoms with Crippen LogP contribution in [0.2, 0.25) is 0 Å². The molecule has 1 fully saturated rings. The predicted molar refractivity (Wildman–Crippen MR) is 132 cm³/mol. The molecule has 0 aliphatic carbocycles. The Kier molecular flexibility index (Phi) is 7.83. The summed E-state index contributed by atoms with van der Waals surface area (Å²) < 4.78 is 0. The number of hydrogen-bond donors (Lipinski definition) is 2. The summed E-state index contributed by atoms with van der Waals surface area (Å²) in [6, 6.07) is 18.4. The molecule has 1 aliphatic heterocycles. The lowest BCUT2D eigenvalue weighted by molar-refractivity contribution is -0.117. The highest BCUT2D eigenvalue weighted by Gasteiger charge is 2.20. The van der Waals surface area contributed by atoms with Crippen LogP contribution >= 0.6 is 11.3 Å². The maximum Gasteiger partial charge on any atom is 0.238 e. The average Bonchev–Trinajstić information content (AvgIpc) is 3.23. The van der Waals surface area contributed by atoms with Crippen molar-refractivity contribution >= 4 is 34.0 Å². The molecule has 0 bridgehead atoms. The first-order chi connectivity index (χ1) is 16.0. The van der Waals surface area contributed by atoms with Gasteiger partial charge in [-0.05, 0) is 29.7 Å². The van der Waals surface area contributed by atoms with E-state index < -0.39 is 0 Å². The molecule has 1 aromatic heterocycles. The highest BCUT2D eigenvalue weighted by atomic mass is 32.1. The van der Waals surface area contributed by atoms with E-state index in [9.17, 15) is 9.59 Å². The molecule has 0 radical (unpaired) electrons. The molecule has 172 valence electrons. The van der Waals surface area contributed by atoms with E-state index in [-0.39, 0.29) is 11.8 Å². The Balaban J connectivity index is 1.18. The third-order valence-electron chi connectivity index (χ3n) is 5.54. The third-order valence-corrected chi connectivity index (χ3v) is 6.43. The molecule has 8 heteroatoms. The number of aromatic nitrogens is 1. The van der Waals surface area contributed by atoms with E-state index in [0.717, 1.165) is 49.7 Å². The van der Waals surface area contributed by atoms with Crippen LogP contribution in [0.15, 0.2) is 60.8 Å². The van der Waals surface area contributed by atoms with Crippen LogP contribution in [0.3, 0.4) is 0 Å². The molecule has 0 unspecified atom stereocenters. The average molecular weight is 464 g/mol. The normalized spacial score (nSPS) is 14.7. The van der Waals surface area contributed by atoms with E-state index in [1.54, 1.807) is 0 Å². The first-order valence-corrected chi connectivity index (χ1v) is 11.9. The lowest BCUT2D eigenvalue weighted by Gasteiger charge is -2.33. The van der Waals surface area contributed by atoms with E-state index in [1.165, 1.54) is 29.4 Å². The Morgan fingerprint density at radius 1 is 0.909 bits per heavy atom. The number of carbonyl (C=O) groups is 2. The number of hydrogen-bond acceptors (Lipinski definition) is 6. The minimum atomic E-state index is -0.106. The fourth-order valence-corrected chi connectivity index (χ4v) is 4.76. The fraction of sp³-hybridized carbons (Fsp3) is 0.320. The maximum absolute atomic E-state index is 12.5. The minimum Gasteiger partial charge on any atom is -0.325 e. The van der Waals surface area contributed by atoms with Crippen molar-refractivity contribution in [2.45, 2.75) is 19.9 Å². The SMILES string of the molecule is CC(=O)Nc1ncc(CN2CCN(CC(=O)Nc3ccc(Cc4ccccc4)cc3)CC2)s1. The Labute approximate surface area is 198 Å². The number of benzene rings is 2. The summed E-state index contributed by atoms with van der Waals surface area (Å²) in [7, 11) is 0. The van der Waals surface area contributed by atoms with Gasteiger partial charge < -0.3 is 10.6 Å². The summed E-state index contributed by atoms with van der Waals surface area (Å²) in [6.07, 6.45) is 2.70. The molecule has 0 atom stereocenters. The van der Waals surface area contributed by atoms with Gasteiger partial charge in [-0.15, -0.1) is 11.3 Å². The van der Waals surface area contributed by atoms with Crippen molar-refractivity contribution in [3.63, 3.8) is 0 Å². The summed E-state index contributed by atoms with van der Waals surface area (Å²) in [5.74, 6) is -0.0902. The second-order valence-corrected chi connectivity index (χ2v) is 9.39. The minimum absolute atomic E-state index is 0.0154. The van der Waals surface area contributed by atoms with E-state index in [2.05, 4.69) is 49.7 Å². The fourth-order valence-electron chi connectivity index (χ4n) is 3.86. The van der Waals surface area contributed by atoms with Crippen molar-refractivity contribution < 1.29 is 9.59 Å². The molecule has 0 saturated carbocycles. The van der Waals surface area contributed by atoms with Gasteiger partial charge >= 0.3 is 0 Å². The number of carbonyl (C=O) groups excluding carboxylic acids is 2. The van der Waals surface area contributed by atoms with Crippen molar-refractivity contribution in [1.82, 2.24) is 14.8 Å². The van der Waals surface area contributed by atoms with Gasteiger partial charge in [-0.1, -0.05) is 42.5 Å². The molecule has 2 N–H and O–H groups in total. The lowest BCUT2D eigenvalue weighted by atomic mass is 10.0. The molecule has 2 amide bonds. The van der Waals surface area contributed by atoms with Gasteiger partial charge in [0.25, 0.3) is 0 Å². The summed E-state index contributed by atoms with van der Waals surface area (Å²) in [5, 5.41) is 6.38. The van der Waals surface area contributed by atoms with Gasteiger partial charge in [0.2, 0.25) is 11.8 Å². The second-order valence-electron chi connectivity index (χ2n) is 8.27. The highest BCUT2D eigenvalue weighted by molar-refractivity contribution is 7.15. The van der Waals surface area contributed by atoms with Gasteiger partial charge in [0, 0.05) is 56.4 Å². The molecule has 7 nitrogen and oxygen atoms in total. The topological polar surface area (TPSA) is 77.6 Å². The summed E-state index contributed by atoms with van der Waals surface area (Å²) in [4.78, 5) is 33.6. The summed E-state index contributed by atoms with van der Waals surface area (Å²) >= 11 is 1.51. The van der Waals surface area contributed by atoms with Crippen molar-refractivity contribution in [3.05, 3.63) is 76.8 Å². The molecule has 33 heavy (non-hydrogen) atoms. The van der Waals surface area contributed by atoms with Gasteiger partial charge in [-0.3, -0.25) is 19.4 Å². The molecule has 4 rings (SSSR count). The van der Waals surface area contributed by atoms with Crippen LogP contribution in [0.25, 0.3) is 0 Å². The molecular weight excluding hydrogens is 434 g/mol. The van der Waals surface area contributed by atoms with Crippen molar-refractivity contribution in [3.8, 4) is 0 Å². The highest BCUT2D eigenvalue weighted by Crippen LogP contribution is 2.20. The standard InChI is InChI=1S/C25H29N5O2S/c1-19(31)27-25-26-16-23(33-25)17-29-11-13-30(14-12-29)18-24(32)28-22-9-7-21(8-10-22)15-20-5-3-2-4-6-20/h2-10,16H,11-15,17-18H2,1H3,(H,28,32)(H,26,27,31). The van der Waals surface area contributed by atoms with Crippen LogP contribution in [-0.2, 0) is 22.6 Å². The Morgan fingerprint density at radius 3 is 2.27 bits per heavy atom. The second kappa shape index (κ2) is 11.2. The van der Waals surface area contributed by atoms with Gasteiger partial charge in [0.1, 0.15) is 0 Å². The van der Waals surface area contributed by atoms with Crippen LogP contribution < -0.4 is 10.6 Å². The van der Waals surface area contributed by atoms with Crippen LogP contribution in [0.5, 0.6) is 0 Å². The Morgan fingerprint density at radius 2 is 1.58 bits per heavy atom. The van der Waals surface area contributed by atoms with E-state index in [4.69, 9.17) is 0 Å². The van der Waals surface area contributed by atoms with Crippen molar-refractivity contribution in [2.75, 3.05) is 43.4 Å². The zero-order chi connectivity index (χ0) is 23.0. The quantitative estimate of drug-likeness (QED) is 0.535. The van der Waals surface area contributed by atoms with E-state index >= 15 is 0 Å². The van der Waals surface area contributed by atoms with Gasteiger partial charge in [-0.2, -0.15) is 0 Å². The lowest BCUT2D eigenvalue weighted by Crippen LogP contribution is -2.48. The number of nitrogens with zero attached hydrogens (tertiary/aromatic N) is 3. The molecule has 2 heterocycles. The number of amides is 2. The van der Waals surface area contributed by atoms with Crippen LogP contribution in [0.4, 0.5) is 10.8 Å². The number of nitrogens with one attached hydrogen (secondary N) is 2. The number of rotatable bonds is 8. The predicted octanol–water partition coefficient (Wildman–Crippen LogP) is 3.45. The molecule has 1 saturated heterocycles. The third kappa shape index (κ3) is 7.21. The van der Waals surface area contributed by atoms with Crippen LogP contribution in [0.1, 0.15) is 22.9 Å². The maximum atomic E-state index is 12.5. The van der Waals surface area contributed by atoms with Gasteiger partial charge in [0.15, 0.2) is 5.13 Å². The number of thiazole rings is 1. The van der Waals surface area contributed by atoms with Gasteiger partial charge in [0.05, 0.1) is 6.54 Å². The zero-order valence-corrected chi connectivity index (χ0v) is 19.6. The summed E-state index contributed by atoms with van der Waals surface area (Å²) in [6.45, 7) is 6.18. The van der Waals surface area contributed by atoms with Crippen LogP contribution in [-0.4, -0.2) is 59.3 Å². The molecular formula is C25H29N5O2S. The summed E-state index contributed by atoms with van der Waals surface area (Å²) in [5.41, 5.74) is 3.33. The van der Waals surface area contributed by atoms with Crippen molar-refractivity contribution in [1.29, 1.82) is 0 Å². The number of piperazine rings is 1. The van der Waals surface area contributed by atoms with Gasteiger partial charge in [-0.25, -0.2) is 4.98 Å². The Hall–Kier alpha value is -3.07. The first kappa shape index (κ1) is 23.1. The molecule has 0 spiro atoms. The molecule has 1 aliphatic rings. The van der Waals surface area contributed by atoms with E-state index in [1.807, 2.05) is 36.5 Å². The smallest absolute Gasteiger partial charge is 0.238 e. The van der Waals surface area contributed by atoms with Crippen molar-refractivity contribution in [2.24, 2.45) is 0 Å².